The number of phenolic OH excluding ortho intramolecular Hbond substituents is 1. The molecule has 0 aliphatic carbocycles. The van der Waals surface area contributed by atoms with Crippen LogP contribution in [-0.2, 0) is 11.2 Å². The first-order valence-electron chi connectivity index (χ1n) is 6.82. The van der Waals surface area contributed by atoms with Gasteiger partial charge < -0.3 is 5.11 Å². The van der Waals surface area contributed by atoms with Crippen molar-refractivity contribution >= 4 is 51.6 Å². The Bertz CT molecular complexity index is 832. The molecule has 2 N–H and O–H groups in total. The standard InChI is InChI=1S/C15H12ClN3O2S2/c1-2-11-18-19-15(23-11)12-13(21)10(22-14(12)17)6-7-5-8(16)3-4-9(7)20/h3-6,12,17,20H,2H2,1H3/b10-6-,17-14?/t12-/m1/s1. The van der Waals surface area contributed by atoms with Crippen molar-refractivity contribution in [2.24, 2.45) is 0 Å². The first-order chi connectivity index (χ1) is 11.0. The molecule has 8 heteroatoms. The molecule has 0 radical (unpaired) electrons. The maximum Gasteiger partial charge on any atom is 0.186 e. The van der Waals surface area contributed by atoms with Gasteiger partial charge >= 0.3 is 0 Å². The number of halogens is 1. The van der Waals surface area contributed by atoms with Crippen LogP contribution in [-0.4, -0.2) is 26.1 Å². The minimum absolute atomic E-state index is 0.0365. The molecule has 0 spiro atoms. The zero-order valence-corrected chi connectivity index (χ0v) is 14.4. The Morgan fingerprint density at radius 3 is 2.91 bits per heavy atom. The van der Waals surface area contributed by atoms with Gasteiger partial charge in [0.1, 0.15) is 21.7 Å². The number of nitrogens with zero attached hydrogens (tertiary/aromatic N) is 2. The molecule has 3 rings (SSSR count). The molecule has 0 unspecified atom stereocenters. The van der Waals surface area contributed by atoms with Gasteiger partial charge in [-0.1, -0.05) is 30.3 Å². The van der Waals surface area contributed by atoms with Crippen LogP contribution < -0.4 is 0 Å². The van der Waals surface area contributed by atoms with E-state index in [4.69, 9.17) is 17.0 Å². The van der Waals surface area contributed by atoms with E-state index in [1.165, 1.54) is 17.4 Å². The van der Waals surface area contributed by atoms with Crippen LogP contribution in [0.25, 0.3) is 6.08 Å². The lowest BCUT2D eigenvalue weighted by molar-refractivity contribution is -0.114. The zero-order valence-electron chi connectivity index (χ0n) is 12.0. The highest BCUT2D eigenvalue weighted by atomic mass is 35.5. The molecule has 2 heterocycles. The molecule has 1 aromatic heterocycles. The summed E-state index contributed by atoms with van der Waals surface area (Å²) in [4.78, 5) is 13.0. The van der Waals surface area contributed by atoms with E-state index < -0.39 is 5.92 Å². The summed E-state index contributed by atoms with van der Waals surface area (Å²) in [5, 5.41) is 28.1. The number of aromatic hydroxyl groups is 1. The third-order valence-corrected chi connectivity index (χ3v) is 5.66. The lowest BCUT2D eigenvalue weighted by Gasteiger charge is -2.02. The molecule has 0 amide bonds. The van der Waals surface area contributed by atoms with Crippen molar-refractivity contribution in [3.63, 3.8) is 0 Å². The normalized spacial score (nSPS) is 19.7. The fraction of sp³-hybridized carbons (Fsp3) is 0.200. The summed E-state index contributed by atoms with van der Waals surface area (Å²) in [7, 11) is 0. The number of phenols is 1. The summed E-state index contributed by atoms with van der Waals surface area (Å²) < 4.78 is 0. The Hall–Kier alpha value is -1.70. The highest BCUT2D eigenvalue weighted by Gasteiger charge is 2.39. The van der Waals surface area contributed by atoms with E-state index in [0.717, 1.165) is 23.2 Å². The second-order valence-corrected chi connectivity index (χ2v) is 7.48. The van der Waals surface area contributed by atoms with Gasteiger partial charge in [-0.2, -0.15) is 0 Å². The largest absolute Gasteiger partial charge is 0.507 e. The number of nitrogens with one attached hydrogen (secondary N) is 1. The first kappa shape index (κ1) is 16.2. The Labute approximate surface area is 145 Å². The topological polar surface area (TPSA) is 86.9 Å². The molecule has 1 fully saturated rings. The van der Waals surface area contributed by atoms with Crippen LogP contribution in [0.15, 0.2) is 23.1 Å². The van der Waals surface area contributed by atoms with Gasteiger partial charge in [0, 0.05) is 10.6 Å². The summed E-state index contributed by atoms with van der Waals surface area (Å²) in [6.45, 7) is 1.97. The maximum atomic E-state index is 12.6. The summed E-state index contributed by atoms with van der Waals surface area (Å²) in [6, 6.07) is 4.62. The number of hydrogen-bond acceptors (Lipinski definition) is 7. The molecule has 1 atom stereocenters. The van der Waals surface area contributed by atoms with Crippen LogP contribution in [0.1, 0.15) is 28.4 Å². The van der Waals surface area contributed by atoms with Crippen molar-refractivity contribution in [2.75, 3.05) is 0 Å². The van der Waals surface area contributed by atoms with Crippen molar-refractivity contribution in [3.8, 4) is 5.75 Å². The molecule has 2 aromatic rings. The smallest absolute Gasteiger partial charge is 0.186 e. The molecule has 1 aromatic carbocycles. The molecular formula is C15H12ClN3O2S2. The van der Waals surface area contributed by atoms with Gasteiger partial charge in [-0.15, -0.1) is 21.5 Å². The Morgan fingerprint density at radius 1 is 1.43 bits per heavy atom. The monoisotopic (exact) mass is 365 g/mol. The number of ketones is 1. The van der Waals surface area contributed by atoms with Crippen molar-refractivity contribution in [2.45, 2.75) is 19.3 Å². The Morgan fingerprint density at radius 2 is 2.22 bits per heavy atom. The molecule has 0 saturated carbocycles. The van der Waals surface area contributed by atoms with Gasteiger partial charge in [0.2, 0.25) is 0 Å². The van der Waals surface area contributed by atoms with E-state index >= 15 is 0 Å². The fourth-order valence-corrected chi connectivity index (χ4v) is 4.25. The van der Waals surface area contributed by atoms with Crippen LogP contribution in [0, 0.1) is 5.41 Å². The summed E-state index contributed by atoms with van der Waals surface area (Å²) in [6.07, 6.45) is 2.31. The number of benzene rings is 1. The first-order valence-corrected chi connectivity index (χ1v) is 8.83. The SMILES string of the molecule is CCc1nnc([C@H]2C(=N)S/C(=C\c3cc(Cl)ccc3O)C2=O)s1. The van der Waals surface area contributed by atoms with Crippen LogP contribution in [0.5, 0.6) is 5.75 Å². The number of aromatic nitrogens is 2. The lowest BCUT2D eigenvalue weighted by atomic mass is 10.0. The van der Waals surface area contributed by atoms with E-state index in [9.17, 15) is 9.90 Å². The number of allylic oxidation sites excluding steroid dienone is 1. The summed E-state index contributed by atoms with van der Waals surface area (Å²) >= 11 is 8.36. The van der Waals surface area contributed by atoms with Crippen molar-refractivity contribution in [1.29, 1.82) is 5.41 Å². The third-order valence-electron chi connectivity index (χ3n) is 3.30. The quantitative estimate of drug-likeness (QED) is 0.806. The van der Waals surface area contributed by atoms with Gasteiger partial charge in [-0.25, -0.2) is 0 Å². The molecule has 1 aliphatic rings. The van der Waals surface area contributed by atoms with Crippen LogP contribution >= 0.6 is 34.7 Å². The average Bonchev–Trinajstić information content (AvgIpc) is 3.08. The Kier molecular flexibility index (Phi) is 4.52. The highest BCUT2D eigenvalue weighted by molar-refractivity contribution is 8.19. The third kappa shape index (κ3) is 3.17. The maximum absolute atomic E-state index is 12.6. The van der Waals surface area contributed by atoms with E-state index in [0.29, 0.717) is 20.5 Å². The van der Waals surface area contributed by atoms with Crippen molar-refractivity contribution < 1.29 is 9.90 Å². The molecule has 5 nitrogen and oxygen atoms in total. The molecule has 118 valence electrons. The van der Waals surface area contributed by atoms with Gasteiger partial charge in [0.25, 0.3) is 0 Å². The van der Waals surface area contributed by atoms with Gasteiger partial charge in [-0.05, 0) is 30.7 Å². The zero-order chi connectivity index (χ0) is 16.6. The van der Waals surface area contributed by atoms with Gasteiger partial charge in [0.05, 0.1) is 9.95 Å². The number of carbonyl (C=O) groups is 1. The highest BCUT2D eigenvalue weighted by Crippen LogP contribution is 2.42. The number of hydrogen-bond donors (Lipinski definition) is 2. The number of Topliss-reactive ketones (excluding diaryl/α,β-unsaturated/α-hetero) is 1. The lowest BCUT2D eigenvalue weighted by Crippen LogP contribution is -2.11. The van der Waals surface area contributed by atoms with E-state index in [2.05, 4.69) is 10.2 Å². The summed E-state index contributed by atoms with van der Waals surface area (Å²) in [5.74, 6) is -0.849. The van der Waals surface area contributed by atoms with Crippen LogP contribution in [0.2, 0.25) is 5.02 Å². The predicted octanol–water partition coefficient (Wildman–Crippen LogP) is 3.88. The molecule has 0 bridgehead atoms. The Balaban J connectivity index is 1.94. The number of carbonyl (C=O) groups excluding carboxylic acids is 1. The second kappa shape index (κ2) is 6.43. The number of rotatable bonds is 3. The van der Waals surface area contributed by atoms with Gasteiger partial charge in [0.15, 0.2) is 5.78 Å². The molecule has 23 heavy (non-hydrogen) atoms. The second-order valence-electron chi connectivity index (χ2n) is 4.86. The molecule has 1 saturated heterocycles. The average molecular weight is 366 g/mol. The van der Waals surface area contributed by atoms with E-state index in [-0.39, 0.29) is 16.6 Å². The van der Waals surface area contributed by atoms with E-state index in [1.54, 1.807) is 18.2 Å². The number of thioether (sulfide) groups is 1. The van der Waals surface area contributed by atoms with Crippen LogP contribution in [0.3, 0.4) is 0 Å². The fourth-order valence-electron chi connectivity index (χ4n) is 2.12. The molecular weight excluding hydrogens is 354 g/mol. The van der Waals surface area contributed by atoms with Crippen molar-refractivity contribution in [1.82, 2.24) is 10.2 Å². The van der Waals surface area contributed by atoms with E-state index in [1.807, 2.05) is 6.92 Å². The van der Waals surface area contributed by atoms with Crippen molar-refractivity contribution in [3.05, 3.63) is 43.7 Å². The molecule has 1 aliphatic heterocycles. The predicted molar refractivity (Wildman–Crippen MR) is 93.4 cm³/mol. The van der Waals surface area contributed by atoms with Gasteiger partial charge in [-0.3, -0.25) is 10.2 Å². The number of aryl methyl sites for hydroxylation is 1. The minimum Gasteiger partial charge on any atom is -0.507 e. The van der Waals surface area contributed by atoms with Crippen LogP contribution in [0.4, 0.5) is 0 Å². The minimum atomic E-state index is -0.689. The summed E-state index contributed by atoms with van der Waals surface area (Å²) in [5.41, 5.74) is 0.452.